The molecule has 2 N–H and O–H groups in total. The van der Waals surface area contributed by atoms with E-state index in [-0.39, 0.29) is 6.04 Å². The highest BCUT2D eigenvalue weighted by atomic mass is 15.1. The SMILES string of the molecule is Cn1cccc1C1NCCCN=C1NC1CCCCC1. The zero-order chi connectivity index (χ0) is 13.8. The van der Waals surface area contributed by atoms with Gasteiger partial charge in [-0.1, -0.05) is 19.3 Å². The highest BCUT2D eigenvalue weighted by Crippen LogP contribution is 2.21. The van der Waals surface area contributed by atoms with Gasteiger partial charge in [-0.05, 0) is 37.9 Å². The van der Waals surface area contributed by atoms with E-state index in [1.807, 2.05) is 0 Å². The average molecular weight is 274 g/mol. The number of hydrogen-bond acceptors (Lipinski definition) is 3. The molecule has 0 amide bonds. The molecule has 1 aromatic heterocycles. The second-order valence-corrected chi connectivity index (χ2v) is 6.03. The van der Waals surface area contributed by atoms with E-state index >= 15 is 0 Å². The molecule has 3 rings (SSSR count). The van der Waals surface area contributed by atoms with Crippen LogP contribution >= 0.6 is 0 Å². The molecule has 0 saturated heterocycles. The first-order valence-electron chi connectivity index (χ1n) is 8.00. The van der Waals surface area contributed by atoms with Crippen LogP contribution in [-0.4, -0.2) is 29.5 Å². The van der Waals surface area contributed by atoms with Crippen molar-refractivity contribution in [2.75, 3.05) is 13.1 Å². The van der Waals surface area contributed by atoms with Gasteiger partial charge in [0.2, 0.25) is 0 Å². The third-order valence-electron chi connectivity index (χ3n) is 4.48. The van der Waals surface area contributed by atoms with Gasteiger partial charge < -0.3 is 15.2 Å². The Balaban J connectivity index is 1.76. The Labute approximate surface area is 121 Å². The number of aryl methyl sites for hydroxylation is 1. The minimum absolute atomic E-state index is 0.222. The van der Waals surface area contributed by atoms with Gasteiger partial charge >= 0.3 is 0 Å². The summed E-state index contributed by atoms with van der Waals surface area (Å²) in [5.41, 5.74) is 1.30. The van der Waals surface area contributed by atoms with E-state index in [4.69, 9.17) is 4.99 Å². The van der Waals surface area contributed by atoms with E-state index < -0.39 is 0 Å². The Morgan fingerprint density at radius 3 is 2.85 bits per heavy atom. The van der Waals surface area contributed by atoms with Crippen molar-refractivity contribution < 1.29 is 0 Å². The molecular formula is C16H26N4. The number of hydrogen-bond donors (Lipinski definition) is 2. The molecule has 4 heteroatoms. The van der Waals surface area contributed by atoms with E-state index in [1.54, 1.807) is 0 Å². The zero-order valence-electron chi connectivity index (χ0n) is 12.4. The summed E-state index contributed by atoms with van der Waals surface area (Å²) in [4.78, 5) is 4.83. The van der Waals surface area contributed by atoms with Crippen molar-refractivity contribution >= 4 is 5.84 Å². The Hall–Kier alpha value is -1.29. The number of amidine groups is 1. The van der Waals surface area contributed by atoms with Gasteiger partial charge in [-0.25, -0.2) is 0 Å². The fourth-order valence-electron chi connectivity index (χ4n) is 3.32. The van der Waals surface area contributed by atoms with Crippen LogP contribution in [0.4, 0.5) is 0 Å². The summed E-state index contributed by atoms with van der Waals surface area (Å²) < 4.78 is 2.20. The van der Waals surface area contributed by atoms with Crippen molar-refractivity contribution in [1.82, 2.24) is 15.2 Å². The summed E-state index contributed by atoms with van der Waals surface area (Å²) >= 11 is 0. The molecule has 0 spiro atoms. The molecule has 110 valence electrons. The number of rotatable bonds is 2. The lowest BCUT2D eigenvalue weighted by molar-refractivity contribution is 0.408. The van der Waals surface area contributed by atoms with Crippen molar-refractivity contribution in [1.29, 1.82) is 0 Å². The summed E-state index contributed by atoms with van der Waals surface area (Å²) in [7, 11) is 2.11. The van der Waals surface area contributed by atoms with Crippen LogP contribution in [0.25, 0.3) is 0 Å². The first-order chi connectivity index (χ1) is 9.84. The van der Waals surface area contributed by atoms with Crippen molar-refractivity contribution in [2.24, 2.45) is 12.0 Å². The maximum atomic E-state index is 4.83. The Kier molecular flexibility index (Phi) is 4.41. The van der Waals surface area contributed by atoms with E-state index in [0.29, 0.717) is 6.04 Å². The fraction of sp³-hybridized carbons (Fsp3) is 0.688. The van der Waals surface area contributed by atoms with Crippen molar-refractivity contribution in [3.63, 3.8) is 0 Å². The molecule has 20 heavy (non-hydrogen) atoms. The average Bonchev–Trinajstić information content (AvgIpc) is 2.76. The van der Waals surface area contributed by atoms with Gasteiger partial charge in [0.05, 0.1) is 0 Å². The predicted octanol–water partition coefficient (Wildman–Crippen LogP) is 2.38. The lowest BCUT2D eigenvalue weighted by atomic mass is 9.95. The topological polar surface area (TPSA) is 41.4 Å². The monoisotopic (exact) mass is 274 g/mol. The lowest BCUT2D eigenvalue weighted by Crippen LogP contribution is -2.43. The molecule has 2 heterocycles. The van der Waals surface area contributed by atoms with E-state index in [0.717, 1.165) is 25.3 Å². The maximum Gasteiger partial charge on any atom is 0.120 e. The van der Waals surface area contributed by atoms with E-state index in [9.17, 15) is 0 Å². The number of nitrogens with one attached hydrogen (secondary N) is 2. The molecule has 0 bridgehead atoms. The van der Waals surface area contributed by atoms with Gasteiger partial charge in [-0.15, -0.1) is 0 Å². The Morgan fingerprint density at radius 1 is 1.25 bits per heavy atom. The normalized spacial score (nSPS) is 25.1. The van der Waals surface area contributed by atoms with Crippen LogP contribution < -0.4 is 10.6 Å². The number of nitrogens with zero attached hydrogens (tertiary/aromatic N) is 2. The molecule has 2 aliphatic rings. The summed E-state index contributed by atoms with van der Waals surface area (Å²) in [6, 6.07) is 5.14. The minimum Gasteiger partial charge on any atom is -0.369 e. The van der Waals surface area contributed by atoms with Crippen molar-refractivity contribution in [2.45, 2.75) is 50.6 Å². The maximum absolute atomic E-state index is 4.83. The van der Waals surface area contributed by atoms with Crippen LogP contribution in [-0.2, 0) is 7.05 Å². The van der Waals surface area contributed by atoms with Gasteiger partial charge in [0.25, 0.3) is 0 Å². The molecule has 0 aromatic carbocycles. The highest BCUT2D eigenvalue weighted by Gasteiger charge is 2.24. The Bertz CT molecular complexity index is 457. The van der Waals surface area contributed by atoms with Crippen LogP contribution in [0.2, 0.25) is 0 Å². The van der Waals surface area contributed by atoms with E-state index in [2.05, 4.69) is 40.6 Å². The third kappa shape index (κ3) is 3.06. The van der Waals surface area contributed by atoms with Crippen LogP contribution in [0.15, 0.2) is 23.3 Å². The summed E-state index contributed by atoms with van der Waals surface area (Å²) in [5, 5.41) is 7.39. The van der Waals surface area contributed by atoms with Gasteiger partial charge in [-0.3, -0.25) is 4.99 Å². The highest BCUT2D eigenvalue weighted by molar-refractivity contribution is 5.88. The molecule has 1 aliphatic heterocycles. The summed E-state index contributed by atoms with van der Waals surface area (Å²) in [6.45, 7) is 1.97. The summed E-state index contributed by atoms with van der Waals surface area (Å²) in [5.74, 6) is 1.15. The number of aromatic nitrogens is 1. The van der Waals surface area contributed by atoms with Gasteiger partial charge in [0.15, 0.2) is 0 Å². The van der Waals surface area contributed by atoms with Crippen LogP contribution in [0.1, 0.15) is 50.3 Å². The smallest absolute Gasteiger partial charge is 0.120 e. The van der Waals surface area contributed by atoms with Crippen LogP contribution in [0, 0.1) is 0 Å². The molecule has 0 radical (unpaired) electrons. The lowest BCUT2D eigenvalue weighted by Gasteiger charge is -2.28. The number of aliphatic imine (C=N–C) groups is 1. The minimum atomic E-state index is 0.222. The van der Waals surface area contributed by atoms with E-state index in [1.165, 1.54) is 37.8 Å². The Morgan fingerprint density at radius 2 is 2.10 bits per heavy atom. The molecule has 4 nitrogen and oxygen atoms in total. The van der Waals surface area contributed by atoms with Gasteiger partial charge in [0.1, 0.15) is 11.9 Å². The fourth-order valence-corrected chi connectivity index (χ4v) is 3.32. The zero-order valence-corrected chi connectivity index (χ0v) is 12.4. The quantitative estimate of drug-likeness (QED) is 0.869. The first-order valence-corrected chi connectivity index (χ1v) is 8.00. The molecule has 1 aromatic rings. The molecule has 1 atom stereocenters. The molecular weight excluding hydrogens is 248 g/mol. The molecule has 1 aliphatic carbocycles. The second kappa shape index (κ2) is 6.44. The molecule has 1 fully saturated rings. The second-order valence-electron chi connectivity index (χ2n) is 6.03. The molecule has 1 unspecified atom stereocenters. The first kappa shape index (κ1) is 13.7. The van der Waals surface area contributed by atoms with Crippen LogP contribution in [0.5, 0.6) is 0 Å². The van der Waals surface area contributed by atoms with Crippen molar-refractivity contribution in [3.05, 3.63) is 24.0 Å². The predicted molar refractivity (Wildman–Crippen MR) is 83.1 cm³/mol. The summed E-state index contributed by atoms with van der Waals surface area (Å²) in [6.07, 6.45) is 9.92. The molecule has 1 saturated carbocycles. The van der Waals surface area contributed by atoms with Crippen molar-refractivity contribution in [3.8, 4) is 0 Å². The third-order valence-corrected chi connectivity index (χ3v) is 4.48. The standard InChI is InChI=1S/C16H26N4/c1-20-12-5-9-14(20)15-16(18-11-6-10-17-15)19-13-7-3-2-4-8-13/h5,9,12-13,15,17H,2-4,6-8,10-11H2,1H3,(H,18,19). The van der Waals surface area contributed by atoms with Gasteiger partial charge in [0, 0.05) is 31.5 Å². The van der Waals surface area contributed by atoms with Crippen LogP contribution in [0.3, 0.4) is 0 Å². The largest absolute Gasteiger partial charge is 0.369 e. The van der Waals surface area contributed by atoms with Gasteiger partial charge in [-0.2, -0.15) is 0 Å².